The van der Waals surface area contributed by atoms with Gasteiger partial charge in [0.05, 0.1) is 5.69 Å². The molecule has 0 aliphatic heterocycles. The number of thioether (sulfide) groups is 1. The minimum absolute atomic E-state index is 0.113. The Morgan fingerprint density at radius 2 is 2.10 bits per heavy atom. The molecule has 0 aromatic carbocycles. The molecule has 8 N–H and O–H groups in total. The Hall–Kier alpha value is -3.31. The first-order chi connectivity index (χ1) is 13.7. The van der Waals surface area contributed by atoms with Gasteiger partial charge in [-0.25, -0.2) is 14.6 Å². The summed E-state index contributed by atoms with van der Waals surface area (Å²) < 4.78 is 0. The lowest BCUT2D eigenvalue weighted by Crippen LogP contribution is -2.37. The predicted octanol–water partition coefficient (Wildman–Crippen LogP) is 0.428. The molecule has 1 atom stereocenters. The summed E-state index contributed by atoms with van der Waals surface area (Å²) in [5.41, 5.74) is 6.19. The number of hydrogen-bond donors (Lipinski definition) is 7. The summed E-state index contributed by atoms with van der Waals surface area (Å²) in [4.78, 5) is 27.0. The number of aromatic nitrogens is 1. The number of rotatable bonds is 8. The van der Waals surface area contributed by atoms with Crippen LogP contribution in [0.3, 0.4) is 0 Å². The standard InChI is InChI=1S/C11H18N8S2.C4H4O4/c1-7(3-16-10(15-2)17-6-12)20-4-8-5-21-11(18-8)19-9(13)14;5-3(6)1-2-4(7)8/h5,7H,3-4H2,1-2H3,(H2,15,16,17)(H4,13,14,18,19);1-2H,(H,5,6)(H,7,8)/b;2-1-. The highest BCUT2D eigenvalue weighted by atomic mass is 32.2. The van der Waals surface area contributed by atoms with Crippen LogP contribution in [0.25, 0.3) is 0 Å². The average molecular weight is 443 g/mol. The number of carboxylic acids is 2. The van der Waals surface area contributed by atoms with Gasteiger partial charge in [-0.3, -0.25) is 5.41 Å². The summed E-state index contributed by atoms with van der Waals surface area (Å²) in [5, 5.41) is 42.7. The third kappa shape index (κ3) is 14.4. The number of aliphatic imine (C=N–C) groups is 1. The molecule has 1 aromatic heterocycles. The van der Waals surface area contributed by atoms with Crippen molar-refractivity contribution in [1.82, 2.24) is 15.6 Å². The van der Waals surface area contributed by atoms with Gasteiger partial charge < -0.3 is 31.9 Å². The quantitative estimate of drug-likeness (QED) is 0.127. The van der Waals surface area contributed by atoms with Crippen LogP contribution in [0.15, 0.2) is 22.5 Å². The maximum atomic E-state index is 9.55. The molecule has 0 fully saturated rings. The zero-order valence-corrected chi connectivity index (χ0v) is 17.3. The molecule has 1 heterocycles. The Morgan fingerprint density at radius 3 is 2.59 bits per heavy atom. The Kier molecular flexibility index (Phi) is 13.0. The second kappa shape index (κ2) is 14.7. The molecule has 0 spiro atoms. The van der Waals surface area contributed by atoms with E-state index >= 15 is 0 Å². The van der Waals surface area contributed by atoms with Crippen LogP contribution in [-0.4, -0.2) is 57.9 Å². The van der Waals surface area contributed by atoms with E-state index in [4.69, 9.17) is 26.6 Å². The number of carbonyl (C=O) groups is 2. The van der Waals surface area contributed by atoms with Crippen molar-refractivity contribution in [3.8, 4) is 6.19 Å². The van der Waals surface area contributed by atoms with E-state index in [1.54, 1.807) is 25.0 Å². The average Bonchev–Trinajstić information content (AvgIpc) is 3.08. The molecule has 0 aliphatic rings. The molecule has 0 radical (unpaired) electrons. The summed E-state index contributed by atoms with van der Waals surface area (Å²) in [5.74, 6) is -1.40. The molecule has 1 unspecified atom stereocenters. The number of nitrogens with zero attached hydrogens (tertiary/aromatic N) is 3. The smallest absolute Gasteiger partial charge is 0.328 e. The third-order valence-electron chi connectivity index (χ3n) is 2.63. The number of guanidine groups is 2. The van der Waals surface area contributed by atoms with Gasteiger partial charge in [-0.15, -0.1) is 16.3 Å². The van der Waals surface area contributed by atoms with Crippen LogP contribution in [0.5, 0.6) is 0 Å². The Bertz CT molecular complexity index is 772. The van der Waals surface area contributed by atoms with Gasteiger partial charge in [-0.1, -0.05) is 6.92 Å². The first-order valence-corrected chi connectivity index (χ1v) is 9.80. The SMILES string of the molecule is CN/C(=N/C#N)NCC(C)SCc1csc(NC(=N)N)n1.O=C(O)/C=C\C(=O)O. The molecule has 1 aromatic rings. The van der Waals surface area contributed by atoms with Gasteiger partial charge in [-0.2, -0.15) is 17.0 Å². The van der Waals surface area contributed by atoms with E-state index in [0.717, 1.165) is 11.4 Å². The molecule has 0 bridgehead atoms. The van der Waals surface area contributed by atoms with Crippen molar-refractivity contribution >= 4 is 52.1 Å². The predicted molar refractivity (Wildman–Crippen MR) is 113 cm³/mol. The van der Waals surface area contributed by atoms with Gasteiger partial charge >= 0.3 is 11.9 Å². The summed E-state index contributed by atoms with van der Waals surface area (Å²) in [6.45, 7) is 2.77. The second-order valence-electron chi connectivity index (χ2n) is 5.01. The van der Waals surface area contributed by atoms with Crippen LogP contribution < -0.4 is 21.7 Å². The number of nitrogens with one attached hydrogen (secondary N) is 4. The molecule has 0 saturated carbocycles. The highest BCUT2D eigenvalue weighted by Gasteiger charge is 2.07. The van der Waals surface area contributed by atoms with Crippen LogP contribution in [0, 0.1) is 16.9 Å². The number of thiazole rings is 1. The van der Waals surface area contributed by atoms with Crippen molar-refractivity contribution in [3.63, 3.8) is 0 Å². The number of nitriles is 1. The number of carboxylic acid groups (broad SMARTS) is 2. The first kappa shape index (κ1) is 25.7. The lowest BCUT2D eigenvalue weighted by Gasteiger charge is -2.13. The van der Waals surface area contributed by atoms with E-state index < -0.39 is 11.9 Å². The maximum absolute atomic E-state index is 9.55. The fraction of sp³-hybridized carbons (Fsp3) is 0.333. The largest absolute Gasteiger partial charge is 0.478 e. The van der Waals surface area contributed by atoms with Gasteiger partial charge in [0.25, 0.3) is 0 Å². The van der Waals surface area contributed by atoms with Gasteiger partial charge in [0.15, 0.2) is 11.1 Å². The van der Waals surface area contributed by atoms with E-state index in [-0.39, 0.29) is 5.96 Å². The molecule has 0 aliphatic carbocycles. The number of hydrogen-bond acceptors (Lipinski definition) is 8. The molecule has 0 amide bonds. The van der Waals surface area contributed by atoms with E-state index in [2.05, 4.69) is 32.9 Å². The van der Waals surface area contributed by atoms with Crippen molar-refractivity contribution < 1.29 is 19.8 Å². The zero-order valence-electron chi connectivity index (χ0n) is 15.7. The highest BCUT2D eigenvalue weighted by Crippen LogP contribution is 2.21. The van der Waals surface area contributed by atoms with Crippen LogP contribution in [0.2, 0.25) is 0 Å². The Balaban J connectivity index is 0.000000828. The molecule has 12 nitrogen and oxygen atoms in total. The van der Waals surface area contributed by atoms with Crippen LogP contribution in [-0.2, 0) is 15.3 Å². The van der Waals surface area contributed by atoms with Gasteiger partial charge in [0, 0.05) is 42.1 Å². The lowest BCUT2D eigenvalue weighted by molar-refractivity contribution is -0.134. The van der Waals surface area contributed by atoms with Gasteiger partial charge in [0.1, 0.15) is 0 Å². The fourth-order valence-corrected chi connectivity index (χ4v) is 3.08. The summed E-state index contributed by atoms with van der Waals surface area (Å²) >= 11 is 3.16. The lowest BCUT2D eigenvalue weighted by atomic mass is 10.5. The number of anilines is 1. The fourth-order valence-electron chi connectivity index (χ4n) is 1.45. The minimum Gasteiger partial charge on any atom is -0.478 e. The molecule has 29 heavy (non-hydrogen) atoms. The second-order valence-corrected chi connectivity index (χ2v) is 7.29. The zero-order chi connectivity index (χ0) is 22.2. The van der Waals surface area contributed by atoms with Crippen molar-refractivity contribution in [1.29, 1.82) is 10.7 Å². The first-order valence-electron chi connectivity index (χ1n) is 7.87. The number of nitrogens with two attached hydrogens (primary N) is 1. The molecule has 158 valence electrons. The topological polar surface area (TPSA) is 210 Å². The van der Waals surface area contributed by atoms with Gasteiger partial charge in [-0.05, 0) is 0 Å². The Morgan fingerprint density at radius 1 is 1.48 bits per heavy atom. The number of aliphatic carboxylic acids is 2. The van der Waals surface area contributed by atoms with Crippen LogP contribution in [0.1, 0.15) is 12.6 Å². The molecular formula is C15H22N8O4S2. The minimum atomic E-state index is -1.26. The molecule has 1 rings (SSSR count). The van der Waals surface area contributed by atoms with Crippen molar-refractivity contribution in [3.05, 3.63) is 23.2 Å². The van der Waals surface area contributed by atoms with Crippen molar-refractivity contribution in [2.45, 2.75) is 17.9 Å². The summed E-state index contributed by atoms with van der Waals surface area (Å²) in [6.07, 6.45) is 2.85. The highest BCUT2D eigenvalue weighted by molar-refractivity contribution is 7.99. The summed E-state index contributed by atoms with van der Waals surface area (Å²) in [6, 6.07) is 0. The van der Waals surface area contributed by atoms with E-state index in [1.165, 1.54) is 11.3 Å². The van der Waals surface area contributed by atoms with Crippen molar-refractivity contribution in [2.75, 3.05) is 18.9 Å². The third-order valence-corrected chi connectivity index (χ3v) is 4.64. The van der Waals surface area contributed by atoms with E-state index in [1.807, 2.05) is 5.38 Å². The maximum Gasteiger partial charge on any atom is 0.328 e. The van der Waals surface area contributed by atoms with Gasteiger partial charge in [0.2, 0.25) is 12.2 Å². The van der Waals surface area contributed by atoms with Crippen LogP contribution in [0.4, 0.5) is 5.13 Å². The molecular weight excluding hydrogens is 420 g/mol. The van der Waals surface area contributed by atoms with Crippen molar-refractivity contribution in [2.24, 2.45) is 10.7 Å². The summed E-state index contributed by atoms with van der Waals surface area (Å²) in [7, 11) is 1.71. The molecule has 14 heteroatoms. The van der Waals surface area contributed by atoms with E-state index in [0.29, 0.717) is 35.0 Å². The van der Waals surface area contributed by atoms with Crippen LogP contribution >= 0.6 is 23.1 Å². The molecule has 0 saturated heterocycles. The van der Waals surface area contributed by atoms with E-state index in [9.17, 15) is 9.59 Å². The Labute approximate surface area is 175 Å². The normalized spacial score (nSPS) is 11.6. The monoisotopic (exact) mass is 442 g/mol.